The van der Waals surface area contributed by atoms with E-state index in [9.17, 15) is 24.0 Å². The fourth-order valence-corrected chi connectivity index (χ4v) is 2.13. The van der Waals surface area contributed by atoms with E-state index in [1.54, 1.807) is 0 Å². The lowest BCUT2D eigenvalue weighted by atomic mass is 10.1. The van der Waals surface area contributed by atoms with Crippen LogP contribution in [0.4, 0.5) is 0 Å². The van der Waals surface area contributed by atoms with Crippen LogP contribution in [0.25, 0.3) is 0 Å². The minimum absolute atomic E-state index is 0.116. The van der Waals surface area contributed by atoms with E-state index < -0.39 is 42.4 Å². The second-order valence-corrected chi connectivity index (χ2v) is 6.21. The molecule has 27 heavy (non-hydrogen) atoms. The lowest BCUT2D eigenvalue weighted by Gasteiger charge is -2.14. The summed E-state index contributed by atoms with van der Waals surface area (Å²) in [6, 6.07) is -2.27. The number of rotatable bonds is 14. The van der Waals surface area contributed by atoms with Gasteiger partial charge in [0.25, 0.3) is 0 Å². The van der Waals surface area contributed by atoms with Gasteiger partial charge in [0.05, 0.1) is 6.54 Å². The number of hydrogen-bond acceptors (Lipinski definition) is 5. The van der Waals surface area contributed by atoms with Gasteiger partial charge in [0.1, 0.15) is 12.1 Å². The smallest absolute Gasteiger partial charge is 0.326 e. The maximum absolute atomic E-state index is 11.8. The number of carboxylic acid groups (broad SMARTS) is 2. The Bertz CT molecular complexity index is 537. The maximum atomic E-state index is 11.8. The van der Waals surface area contributed by atoms with Gasteiger partial charge in [-0.1, -0.05) is 26.2 Å². The normalized spacial score (nSPS) is 12.5. The highest BCUT2D eigenvalue weighted by molar-refractivity contribution is 5.88. The summed E-state index contributed by atoms with van der Waals surface area (Å²) in [6.07, 6.45) is 3.53. The molecule has 0 heterocycles. The van der Waals surface area contributed by atoms with E-state index in [0.29, 0.717) is 6.42 Å². The van der Waals surface area contributed by atoms with Gasteiger partial charge in [0.2, 0.25) is 17.7 Å². The molecule has 10 heteroatoms. The van der Waals surface area contributed by atoms with Crippen molar-refractivity contribution in [2.45, 2.75) is 70.9 Å². The lowest BCUT2D eigenvalue weighted by molar-refractivity contribution is -0.142. The number of carboxylic acids is 2. The van der Waals surface area contributed by atoms with Gasteiger partial charge in [0.15, 0.2) is 0 Å². The van der Waals surface area contributed by atoms with Gasteiger partial charge in [0, 0.05) is 12.8 Å². The molecular weight excluding hydrogens is 358 g/mol. The predicted octanol–water partition coefficient (Wildman–Crippen LogP) is 0.0119. The molecular formula is C17H29N3O7. The summed E-state index contributed by atoms with van der Waals surface area (Å²) in [5.41, 5.74) is 0. The van der Waals surface area contributed by atoms with Gasteiger partial charge < -0.3 is 26.2 Å². The van der Waals surface area contributed by atoms with Crippen molar-refractivity contribution in [2.24, 2.45) is 0 Å². The fraction of sp³-hybridized carbons (Fsp3) is 0.706. The largest absolute Gasteiger partial charge is 0.480 e. The number of carbonyl (C=O) groups is 5. The van der Waals surface area contributed by atoms with E-state index >= 15 is 0 Å². The molecule has 0 saturated heterocycles. The van der Waals surface area contributed by atoms with Crippen LogP contribution in [-0.2, 0) is 24.0 Å². The van der Waals surface area contributed by atoms with Crippen molar-refractivity contribution >= 4 is 29.7 Å². The van der Waals surface area contributed by atoms with Crippen LogP contribution in [0.1, 0.15) is 58.8 Å². The van der Waals surface area contributed by atoms with Gasteiger partial charge in [-0.05, 0) is 19.8 Å². The average Bonchev–Trinajstić information content (AvgIpc) is 2.60. The second-order valence-electron chi connectivity index (χ2n) is 6.21. The SMILES string of the molecule is CCCCCCC(=O)N[C@H](CCC(=O)NCC(=O)N[C@H](C)C(=O)O)C(=O)O. The van der Waals surface area contributed by atoms with Crippen LogP contribution in [0, 0.1) is 0 Å². The Balaban J connectivity index is 4.20. The van der Waals surface area contributed by atoms with E-state index in [2.05, 4.69) is 16.0 Å². The minimum Gasteiger partial charge on any atom is -0.480 e. The third-order valence-electron chi connectivity index (χ3n) is 3.74. The molecule has 0 unspecified atom stereocenters. The van der Waals surface area contributed by atoms with Crippen LogP contribution in [0.3, 0.4) is 0 Å². The molecule has 0 aromatic rings. The van der Waals surface area contributed by atoms with Crippen LogP contribution in [-0.4, -0.2) is 58.5 Å². The molecule has 10 nitrogen and oxygen atoms in total. The van der Waals surface area contributed by atoms with Crippen LogP contribution in [0.15, 0.2) is 0 Å². The van der Waals surface area contributed by atoms with Crippen molar-refractivity contribution in [1.82, 2.24) is 16.0 Å². The van der Waals surface area contributed by atoms with Crippen molar-refractivity contribution < 1.29 is 34.2 Å². The molecule has 0 bridgehead atoms. The highest BCUT2D eigenvalue weighted by Crippen LogP contribution is 2.04. The first-order valence-corrected chi connectivity index (χ1v) is 8.98. The van der Waals surface area contributed by atoms with Gasteiger partial charge in [-0.25, -0.2) is 4.79 Å². The predicted molar refractivity (Wildman–Crippen MR) is 95.8 cm³/mol. The molecule has 5 N–H and O–H groups in total. The van der Waals surface area contributed by atoms with Gasteiger partial charge in [-0.3, -0.25) is 19.2 Å². The number of amides is 3. The van der Waals surface area contributed by atoms with Crippen molar-refractivity contribution in [3.8, 4) is 0 Å². The van der Waals surface area contributed by atoms with Crippen LogP contribution in [0.2, 0.25) is 0 Å². The zero-order valence-corrected chi connectivity index (χ0v) is 15.7. The number of nitrogens with one attached hydrogen (secondary N) is 3. The number of unbranched alkanes of at least 4 members (excludes halogenated alkanes) is 3. The molecule has 0 saturated carbocycles. The zero-order chi connectivity index (χ0) is 20.8. The molecule has 0 aromatic carbocycles. The van der Waals surface area contributed by atoms with E-state index in [0.717, 1.165) is 19.3 Å². The van der Waals surface area contributed by atoms with E-state index in [1.165, 1.54) is 6.92 Å². The number of aliphatic carboxylic acids is 2. The average molecular weight is 387 g/mol. The summed E-state index contributed by atoms with van der Waals surface area (Å²) in [5, 5.41) is 24.6. The molecule has 2 atom stereocenters. The van der Waals surface area contributed by atoms with Gasteiger partial charge in [-0.15, -0.1) is 0 Å². The second kappa shape index (κ2) is 13.5. The molecule has 0 radical (unpaired) electrons. The van der Waals surface area contributed by atoms with Crippen LogP contribution < -0.4 is 16.0 Å². The van der Waals surface area contributed by atoms with Crippen molar-refractivity contribution in [1.29, 1.82) is 0 Å². The van der Waals surface area contributed by atoms with E-state index in [-0.39, 0.29) is 25.2 Å². The molecule has 3 amide bonds. The lowest BCUT2D eigenvalue weighted by Crippen LogP contribution is -2.44. The molecule has 0 aliphatic carbocycles. The van der Waals surface area contributed by atoms with E-state index in [1.807, 2.05) is 6.92 Å². The zero-order valence-electron chi connectivity index (χ0n) is 15.7. The Morgan fingerprint density at radius 3 is 2.04 bits per heavy atom. The highest BCUT2D eigenvalue weighted by atomic mass is 16.4. The Hall–Kier alpha value is -2.65. The van der Waals surface area contributed by atoms with Crippen LogP contribution >= 0.6 is 0 Å². The number of carbonyl (C=O) groups excluding carboxylic acids is 3. The quantitative estimate of drug-likeness (QED) is 0.262. The third kappa shape index (κ3) is 12.4. The molecule has 0 fully saturated rings. The molecule has 0 aromatic heterocycles. The van der Waals surface area contributed by atoms with Gasteiger partial charge in [-0.2, -0.15) is 0 Å². The first kappa shape index (κ1) is 24.4. The van der Waals surface area contributed by atoms with Crippen LogP contribution in [0.5, 0.6) is 0 Å². The fourth-order valence-electron chi connectivity index (χ4n) is 2.13. The van der Waals surface area contributed by atoms with E-state index in [4.69, 9.17) is 10.2 Å². The molecule has 0 aliphatic rings. The number of hydrogen-bond donors (Lipinski definition) is 5. The Morgan fingerprint density at radius 1 is 0.815 bits per heavy atom. The summed E-state index contributed by atoms with van der Waals surface area (Å²) >= 11 is 0. The molecule has 0 aliphatic heterocycles. The van der Waals surface area contributed by atoms with Crippen molar-refractivity contribution in [2.75, 3.05) is 6.54 Å². The summed E-state index contributed by atoms with van der Waals surface area (Å²) in [7, 11) is 0. The summed E-state index contributed by atoms with van der Waals surface area (Å²) in [4.78, 5) is 56.8. The Kier molecular flexibility index (Phi) is 12.2. The summed E-state index contributed by atoms with van der Waals surface area (Å²) in [5.74, 6) is -4.06. The van der Waals surface area contributed by atoms with Crippen molar-refractivity contribution in [3.05, 3.63) is 0 Å². The molecule has 0 rings (SSSR count). The van der Waals surface area contributed by atoms with Gasteiger partial charge >= 0.3 is 11.9 Å². The minimum atomic E-state index is -1.24. The highest BCUT2D eigenvalue weighted by Gasteiger charge is 2.21. The summed E-state index contributed by atoms with van der Waals surface area (Å²) < 4.78 is 0. The first-order valence-electron chi connectivity index (χ1n) is 8.98. The molecule has 154 valence electrons. The third-order valence-corrected chi connectivity index (χ3v) is 3.74. The van der Waals surface area contributed by atoms with Crippen molar-refractivity contribution in [3.63, 3.8) is 0 Å². The Labute approximate surface area is 158 Å². The standard InChI is InChI=1S/C17H29N3O7/c1-3-4-5-6-7-14(22)20-12(17(26)27)8-9-13(21)18-10-15(23)19-11(2)16(24)25/h11-12H,3-10H2,1-2H3,(H,18,21)(H,19,23)(H,20,22)(H,24,25)(H,26,27)/t11-,12-/m1/s1. The first-order chi connectivity index (χ1) is 12.7. The monoisotopic (exact) mass is 387 g/mol. The summed E-state index contributed by atoms with van der Waals surface area (Å²) in [6.45, 7) is 2.91. The molecule has 0 spiro atoms. The maximum Gasteiger partial charge on any atom is 0.326 e. The topological polar surface area (TPSA) is 162 Å². The Morgan fingerprint density at radius 2 is 1.48 bits per heavy atom.